The predicted molar refractivity (Wildman–Crippen MR) is 113 cm³/mol. The van der Waals surface area contributed by atoms with E-state index in [-0.39, 0.29) is 24.0 Å². The molecule has 0 aromatic carbocycles. The van der Waals surface area contributed by atoms with Gasteiger partial charge in [0.25, 0.3) is 0 Å². The SMILES string of the molecule is CCNC(=NCC1CCN(CC)C1)NCCc1ccc(Cl)nc1.I. The lowest BCUT2D eigenvalue weighted by Crippen LogP contribution is -2.38. The normalized spacial score (nSPS) is 18.3. The van der Waals surface area contributed by atoms with E-state index in [0.717, 1.165) is 38.6 Å². The molecular formula is C17H29ClIN5. The largest absolute Gasteiger partial charge is 0.357 e. The molecule has 0 bridgehead atoms. The first-order chi connectivity index (χ1) is 11.2. The van der Waals surface area contributed by atoms with Crippen molar-refractivity contribution in [1.29, 1.82) is 0 Å². The highest BCUT2D eigenvalue weighted by atomic mass is 127. The Balaban J connectivity index is 0.00000288. The van der Waals surface area contributed by atoms with Crippen LogP contribution >= 0.6 is 35.6 Å². The lowest BCUT2D eigenvalue weighted by Gasteiger charge is -2.14. The second kappa shape index (κ2) is 11.9. The molecule has 0 saturated carbocycles. The van der Waals surface area contributed by atoms with Crippen LogP contribution < -0.4 is 10.6 Å². The Bertz CT molecular complexity index is 494. The summed E-state index contributed by atoms with van der Waals surface area (Å²) in [6.45, 7) is 10.5. The van der Waals surface area contributed by atoms with Crippen LogP contribution in [0.15, 0.2) is 23.3 Å². The third-order valence-corrected chi connectivity index (χ3v) is 4.39. The quantitative estimate of drug-likeness (QED) is 0.281. The molecule has 1 aliphatic heterocycles. The Hall–Kier alpha value is -0.600. The first-order valence-electron chi connectivity index (χ1n) is 8.56. The number of halogens is 2. The van der Waals surface area contributed by atoms with Gasteiger partial charge in [-0.25, -0.2) is 4.98 Å². The van der Waals surface area contributed by atoms with Gasteiger partial charge >= 0.3 is 0 Å². The number of nitrogens with zero attached hydrogens (tertiary/aromatic N) is 3. The van der Waals surface area contributed by atoms with Crippen molar-refractivity contribution in [1.82, 2.24) is 20.5 Å². The standard InChI is InChI=1S/C17H28ClN5.HI/c1-3-19-17(22-12-15-8-10-23(4-2)13-15)20-9-7-14-5-6-16(18)21-11-14;/h5-6,11,15H,3-4,7-10,12-13H2,1-2H3,(H2,19,20,22);1H. The van der Waals surface area contributed by atoms with Crippen LogP contribution in [0.5, 0.6) is 0 Å². The number of rotatable bonds is 7. The summed E-state index contributed by atoms with van der Waals surface area (Å²) in [6, 6.07) is 3.84. The Kier molecular flexibility index (Phi) is 10.6. The third kappa shape index (κ3) is 7.53. The van der Waals surface area contributed by atoms with Crippen LogP contribution in [-0.2, 0) is 6.42 Å². The Morgan fingerprint density at radius 2 is 2.21 bits per heavy atom. The van der Waals surface area contributed by atoms with Gasteiger partial charge in [-0.3, -0.25) is 4.99 Å². The summed E-state index contributed by atoms with van der Waals surface area (Å²) in [5.74, 6) is 1.59. The highest BCUT2D eigenvalue weighted by Crippen LogP contribution is 2.15. The van der Waals surface area contributed by atoms with Crippen LogP contribution in [0.3, 0.4) is 0 Å². The van der Waals surface area contributed by atoms with E-state index in [1.807, 2.05) is 18.3 Å². The van der Waals surface area contributed by atoms with Crippen molar-refractivity contribution in [3.05, 3.63) is 29.0 Å². The second-order valence-corrected chi connectivity index (χ2v) is 6.32. The molecule has 1 aromatic heterocycles. The maximum atomic E-state index is 5.80. The van der Waals surface area contributed by atoms with E-state index < -0.39 is 0 Å². The molecule has 2 N–H and O–H groups in total. The van der Waals surface area contributed by atoms with Crippen LogP contribution in [0.25, 0.3) is 0 Å². The summed E-state index contributed by atoms with van der Waals surface area (Å²) in [6.07, 6.45) is 3.99. The molecule has 0 radical (unpaired) electrons. The van der Waals surface area contributed by atoms with Gasteiger partial charge < -0.3 is 15.5 Å². The van der Waals surface area contributed by atoms with E-state index in [1.165, 1.54) is 25.1 Å². The topological polar surface area (TPSA) is 52.6 Å². The number of nitrogens with one attached hydrogen (secondary N) is 2. The number of likely N-dealkylation sites (tertiary alicyclic amines) is 1. The maximum absolute atomic E-state index is 5.80. The van der Waals surface area contributed by atoms with Gasteiger partial charge in [0, 0.05) is 32.4 Å². The molecule has 1 saturated heterocycles. The van der Waals surface area contributed by atoms with Gasteiger partial charge in [-0.15, -0.1) is 24.0 Å². The summed E-state index contributed by atoms with van der Waals surface area (Å²) < 4.78 is 0. The van der Waals surface area contributed by atoms with Crippen molar-refractivity contribution in [2.24, 2.45) is 10.9 Å². The van der Waals surface area contributed by atoms with Gasteiger partial charge in [-0.2, -0.15) is 0 Å². The van der Waals surface area contributed by atoms with E-state index in [9.17, 15) is 0 Å². The zero-order valence-electron chi connectivity index (χ0n) is 14.6. The first-order valence-corrected chi connectivity index (χ1v) is 8.94. The second-order valence-electron chi connectivity index (χ2n) is 5.93. The number of pyridine rings is 1. The molecule has 1 aliphatic rings. The highest BCUT2D eigenvalue weighted by molar-refractivity contribution is 14.0. The van der Waals surface area contributed by atoms with E-state index >= 15 is 0 Å². The summed E-state index contributed by atoms with van der Waals surface area (Å²) in [5, 5.41) is 7.25. The maximum Gasteiger partial charge on any atom is 0.191 e. The van der Waals surface area contributed by atoms with Crippen molar-refractivity contribution < 1.29 is 0 Å². The van der Waals surface area contributed by atoms with Gasteiger partial charge in [0.2, 0.25) is 0 Å². The number of hydrogen-bond acceptors (Lipinski definition) is 3. The zero-order chi connectivity index (χ0) is 16.5. The number of aliphatic imine (C=N–C) groups is 1. The molecule has 1 unspecified atom stereocenters. The van der Waals surface area contributed by atoms with Crippen molar-refractivity contribution in [2.75, 3.05) is 39.3 Å². The van der Waals surface area contributed by atoms with Crippen molar-refractivity contribution >= 4 is 41.5 Å². The van der Waals surface area contributed by atoms with Crippen LogP contribution in [0, 0.1) is 5.92 Å². The highest BCUT2D eigenvalue weighted by Gasteiger charge is 2.20. The predicted octanol–water partition coefficient (Wildman–Crippen LogP) is 2.79. The van der Waals surface area contributed by atoms with Crippen molar-refractivity contribution in [2.45, 2.75) is 26.7 Å². The average Bonchev–Trinajstić information content (AvgIpc) is 3.02. The molecule has 136 valence electrons. The van der Waals surface area contributed by atoms with Crippen LogP contribution in [0.1, 0.15) is 25.8 Å². The number of aromatic nitrogens is 1. The van der Waals surface area contributed by atoms with E-state index in [2.05, 4.69) is 34.4 Å². The average molecular weight is 466 g/mol. The third-order valence-electron chi connectivity index (χ3n) is 4.16. The minimum absolute atomic E-state index is 0. The van der Waals surface area contributed by atoms with E-state index in [0.29, 0.717) is 11.1 Å². The summed E-state index contributed by atoms with van der Waals surface area (Å²) in [5.41, 5.74) is 1.17. The van der Waals surface area contributed by atoms with Gasteiger partial charge in [0.1, 0.15) is 5.15 Å². The van der Waals surface area contributed by atoms with Gasteiger partial charge in [0.05, 0.1) is 0 Å². The van der Waals surface area contributed by atoms with Crippen molar-refractivity contribution in [3.8, 4) is 0 Å². The molecule has 24 heavy (non-hydrogen) atoms. The number of guanidine groups is 1. The van der Waals surface area contributed by atoms with Crippen LogP contribution in [-0.4, -0.2) is 55.1 Å². The monoisotopic (exact) mass is 465 g/mol. The Labute approximate surface area is 167 Å². The molecule has 1 atom stereocenters. The molecule has 2 heterocycles. The van der Waals surface area contributed by atoms with Gasteiger partial charge in [0.15, 0.2) is 5.96 Å². The number of hydrogen-bond donors (Lipinski definition) is 2. The van der Waals surface area contributed by atoms with Crippen molar-refractivity contribution in [3.63, 3.8) is 0 Å². The molecule has 1 aromatic rings. The Morgan fingerprint density at radius 1 is 1.38 bits per heavy atom. The molecular weight excluding hydrogens is 437 g/mol. The molecule has 1 fully saturated rings. The fourth-order valence-corrected chi connectivity index (χ4v) is 2.90. The lowest BCUT2D eigenvalue weighted by atomic mass is 10.1. The minimum atomic E-state index is 0. The van der Waals surface area contributed by atoms with Crippen LogP contribution in [0.2, 0.25) is 5.15 Å². The molecule has 0 aliphatic carbocycles. The van der Waals surface area contributed by atoms with E-state index in [1.54, 1.807) is 0 Å². The lowest BCUT2D eigenvalue weighted by molar-refractivity contribution is 0.343. The summed E-state index contributed by atoms with van der Waals surface area (Å²) >= 11 is 5.80. The fourth-order valence-electron chi connectivity index (χ4n) is 2.79. The fraction of sp³-hybridized carbons (Fsp3) is 0.647. The smallest absolute Gasteiger partial charge is 0.191 e. The van der Waals surface area contributed by atoms with Gasteiger partial charge in [-0.05, 0) is 50.4 Å². The van der Waals surface area contributed by atoms with Gasteiger partial charge in [-0.1, -0.05) is 24.6 Å². The summed E-state index contributed by atoms with van der Waals surface area (Å²) in [4.78, 5) is 11.3. The van der Waals surface area contributed by atoms with Crippen LogP contribution in [0.4, 0.5) is 0 Å². The first kappa shape index (κ1) is 21.4. The molecule has 0 amide bonds. The molecule has 5 nitrogen and oxygen atoms in total. The molecule has 7 heteroatoms. The molecule has 2 rings (SSSR count). The minimum Gasteiger partial charge on any atom is -0.357 e. The summed E-state index contributed by atoms with van der Waals surface area (Å²) in [7, 11) is 0. The Morgan fingerprint density at radius 3 is 2.83 bits per heavy atom. The molecule has 0 spiro atoms. The van der Waals surface area contributed by atoms with E-state index in [4.69, 9.17) is 16.6 Å². The zero-order valence-corrected chi connectivity index (χ0v) is 17.7.